The van der Waals surface area contributed by atoms with Crippen molar-refractivity contribution >= 4 is 11.4 Å². The van der Waals surface area contributed by atoms with Gasteiger partial charge in [-0.2, -0.15) is 0 Å². The number of rotatable bonds is 7. The summed E-state index contributed by atoms with van der Waals surface area (Å²) in [7, 11) is 0. The van der Waals surface area contributed by atoms with Crippen LogP contribution in [0.2, 0.25) is 0 Å². The summed E-state index contributed by atoms with van der Waals surface area (Å²) >= 11 is -1.08. The Labute approximate surface area is 101 Å². The van der Waals surface area contributed by atoms with Crippen LogP contribution in [-0.2, 0) is 11.4 Å². The molecular formula is C11H22N2O2S. The van der Waals surface area contributed by atoms with Crippen LogP contribution in [0.3, 0.4) is 0 Å². The maximum Gasteiger partial charge on any atom is 0.116 e. The fourth-order valence-corrected chi connectivity index (χ4v) is 1.48. The van der Waals surface area contributed by atoms with Gasteiger partial charge in [0.05, 0.1) is 17.1 Å². The van der Waals surface area contributed by atoms with E-state index in [0.29, 0.717) is 12.3 Å². The van der Waals surface area contributed by atoms with E-state index in [-0.39, 0.29) is 11.8 Å². The fraction of sp³-hybridized carbons (Fsp3) is 0.636. The van der Waals surface area contributed by atoms with E-state index in [1.54, 1.807) is 6.26 Å². The number of hydrazine groups is 1. The Morgan fingerprint density at radius 3 is 2.62 bits per heavy atom. The monoisotopic (exact) mass is 246 g/mol. The minimum Gasteiger partial charge on any atom is -0.597 e. The Hall–Kier alpha value is -0.490. The van der Waals surface area contributed by atoms with Gasteiger partial charge in [-0.25, -0.2) is 5.43 Å². The average Bonchev–Trinajstić information content (AvgIpc) is 2.17. The standard InChI is InChI=1S/C11H22N2O2S/c1-5-6-9(2)7-11(14)10(3)8-12-13-16(4)15/h5-7,9-10,12-14H,8H2,1-4H3/b6-5-,11-7+/t9?,10-,16?/m1/s1. The highest BCUT2D eigenvalue weighted by Crippen LogP contribution is 2.10. The summed E-state index contributed by atoms with van der Waals surface area (Å²) in [5.41, 5.74) is 2.80. The van der Waals surface area contributed by atoms with Gasteiger partial charge in [0, 0.05) is 12.5 Å². The molecule has 16 heavy (non-hydrogen) atoms. The largest absolute Gasteiger partial charge is 0.597 e. The highest BCUT2D eigenvalue weighted by Gasteiger charge is 2.08. The topological polar surface area (TPSA) is 67.3 Å². The van der Waals surface area contributed by atoms with Crippen molar-refractivity contribution in [1.29, 1.82) is 0 Å². The van der Waals surface area contributed by atoms with Crippen LogP contribution in [0.1, 0.15) is 20.8 Å². The van der Waals surface area contributed by atoms with Gasteiger partial charge in [0.2, 0.25) is 0 Å². The summed E-state index contributed by atoms with van der Waals surface area (Å²) in [6.45, 7) is 6.40. The molecule has 0 heterocycles. The van der Waals surface area contributed by atoms with Crippen LogP contribution in [0.5, 0.6) is 0 Å². The molecule has 0 aliphatic rings. The molecule has 0 aliphatic heterocycles. The van der Waals surface area contributed by atoms with Crippen molar-refractivity contribution in [3.05, 3.63) is 24.0 Å². The molecule has 94 valence electrons. The predicted octanol–water partition coefficient (Wildman–Crippen LogP) is 1.66. The Morgan fingerprint density at radius 1 is 1.50 bits per heavy atom. The molecule has 5 heteroatoms. The van der Waals surface area contributed by atoms with E-state index in [0.717, 1.165) is 0 Å². The van der Waals surface area contributed by atoms with E-state index in [9.17, 15) is 9.66 Å². The normalized spacial score (nSPS) is 18.7. The summed E-state index contributed by atoms with van der Waals surface area (Å²) in [4.78, 5) is 2.58. The Balaban J connectivity index is 4.01. The van der Waals surface area contributed by atoms with E-state index in [4.69, 9.17) is 0 Å². The zero-order valence-electron chi connectivity index (χ0n) is 10.4. The molecule has 0 aromatic carbocycles. The molecule has 0 saturated carbocycles. The van der Waals surface area contributed by atoms with Crippen molar-refractivity contribution in [3.63, 3.8) is 0 Å². The molecule has 0 aromatic heterocycles. The van der Waals surface area contributed by atoms with Crippen molar-refractivity contribution in [2.24, 2.45) is 11.8 Å². The molecule has 0 aliphatic carbocycles. The van der Waals surface area contributed by atoms with Gasteiger partial charge in [0.15, 0.2) is 0 Å². The molecule has 0 aromatic rings. The van der Waals surface area contributed by atoms with Gasteiger partial charge < -0.3 is 9.66 Å². The van der Waals surface area contributed by atoms with Crippen LogP contribution in [0, 0.1) is 11.8 Å². The van der Waals surface area contributed by atoms with Crippen molar-refractivity contribution < 1.29 is 9.66 Å². The lowest BCUT2D eigenvalue weighted by molar-refractivity contribution is 0.327. The third-order valence-corrected chi connectivity index (χ3v) is 2.49. The van der Waals surface area contributed by atoms with E-state index in [1.807, 2.05) is 39.0 Å². The van der Waals surface area contributed by atoms with Crippen LogP contribution in [0.25, 0.3) is 0 Å². The van der Waals surface area contributed by atoms with Crippen molar-refractivity contribution in [3.8, 4) is 0 Å². The molecule has 0 radical (unpaired) electrons. The zero-order valence-corrected chi connectivity index (χ0v) is 11.2. The number of allylic oxidation sites excluding steroid dienone is 3. The lowest BCUT2D eigenvalue weighted by Crippen LogP contribution is -2.39. The first-order valence-corrected chi connectivity index (χ1v) is 6.88. The molecule has 0 saturated heterocycles. The van der Waals surface area contributed by atoms with Gasteiger partial charge in [0.25, 0.3) is 0 Å². The zero-order chi connectivity index (χ0) is 12.6. The Kier molecular flexibility index (Phi) is 8.37. The highest BCUT2D eigenvalue weighted by atomic mass is 32.2. The van der Waals surface area contributed by atoms with Gasteiger partial charge >= 0.3 is 0 Å². The number of hydrogen-bond donors (Lipinski definition) is 3. The molecule has 0 spiro atoms. The predicted molar refractivity (Wildman–Crippen MR) is 69.1 cm³/mol. The van der Waals surface area contributed by atoms with Crippen LogP contribution < -0.4 is 10.3 Å². The fourth-order valence-electron chi connectivity index (χ4n) is 1.19. The van der Waals surface area contributed by atoms with Crippen molar-refractivity contribution in [2.75, 3.05) is 12.8 Å². The molecule has 0 amide bonds. The summed E-state index contributed by atoms with van der Waals surface area (Å²) in [6, 6.07) is 0. The Morgan fingerprint density at radius 2 is 2.12 bits per heavy atom. The second kappa shape index (κ2) is 8.64. The maximum atomic E-state index is 10.7. The van der Waals surface area contributed by atoms with E-state index in [2.05, 4.69) is 10.3 Å². The van der Waals surface area contributed by atoms with Crippen molar-refractivity contribution in [2.45, 2.75) is 20.8 Å². The lowest BCUT2D eigenvalue weighted by atomic mass is 10.0. The molecular weight excluding hydrogens is 224 g/mol. The number of hydrogen-bond acceptors (Lipinski definition) is 4. The smallest absolute Gasteiger partial charge is 0.116 e. The third kappa shape index (κ3) is 7.76. The van der Waals surface area contributed by atoms with Gasteiger partial charge in [-0.3, -0.25) is 0 Å². The highest BCUT2D eigenvalue weighted by molar-refractivity contribution is 7.88. The SMILES string of the molecule is C/C=C\C(C)/C=C(/O)[C@H](C)CNN[S+](C)[O-]. The van der Waals surface area contributed by atoms with E-state index < -0.39 is 11.4 Å². The summed E-state index contributed by atoms with van der Waals surface area (Å²) in [5.74, 6) is 0.561. The van der Waals surface area contributed by atoms with Gasteiger partial charge in [-0.1, -0.05) is 30.8 Å². The number of aliphatic hydroxyl groups is 1. The first-order chi connectivity index (χ1) is 7.47. The minimum atomic E-state index is -1.08. The van der Waals surface area contributed by atoms with Gasteiger partial charge in [-0.05, 0) is 18.9 Å². The van der Waals surface area contributed by atoms with Crippen LogP contribution in [0.4, 0.5) is 0 Å². The molecule has 3 atom stereocenters. The summed E-state index contributed by atoms with van der Waals surface area (Å²) in [6.07, 6.45) is 7.33. The van der Waals surface area contributed by atoms with Crippen LogP contribution in [0.15, 0.2) is 24.0 Å². The van der Waals surface area contributed by atoms with E-state index in [1.165, 1.54) is 0 Å². The Bertz CT molecular complexity index is 242. The number of aliphatic hydroxyl groups excluding tert-OH is 1. The molecule has 0 fully saturated rings. The second-order valence-corrected chi connectivity index (χ2v) is 4.93. The summed E-state index contributed by atoms with van der Waals surface area (Å²) < 4.78 is 10.7. The molecule has 2 unspecified atom stereocenters. The van der Waals surface area contributed by atoms with Crippen molar-refractivity contribution in [1.82, 2.24) is 10.3 Å². The molecule has 0 rings (SSSR count). The minimum absolute atomic E-state index is 0.0104. The first kappa shape index (κ1) is 15.5. The molecule has 3 N–H and O–H groups in total. The quantitative estimate of drug-likeness (QED) is 0.277. The van der Waals surface area contributed by atoms with Crippen LogP contribution in [-0.4, -0.2) is 22.5 Å². The number of nitrogens with one attached hydrogen (secondary N) is 2. The van der Waals surface area contributed by atoms with Gasteiger partial charge in [0.1, 0.15) is 6.26 Å². The summed E-state index contributed by atoms with van der Waals surface area (Å²) in [5, 5.41) is 9.76. The molecule has 0 bridgehead atoms. The first-order valence-electron chi connectivity index (χ1n) is 5.32. The van der Waals surface area contributed by atoms with E-state index >= 15 is 0 Å². The lowest BCUT2D eigenvalue weighted by Gasteiger charge is -2.13. The average molecular weight is 246 g/mol. The van der Waals surface area contributed by atoms with Gasteiger partial charge in [-0.15, -0.1) is 0 Å². The molecule has 4 nitrogen and oxygen atoms in total. The van der Waals surface area contributed by atoms with Crippen LogP contribution >= 0.6 is 0 Å². The second-order valence-electron chi connectivity index (χ2n) is 3.81. The third-order valence-electron chi connectivity index (χ3n) is 2.06. The maximum absolute atomic E-state index is 10.7.